The molecule has 0 unspecified atom stereocenters. The molecule has 0 radical (unpaired) electrons. The van der Waals surface area contributed by atoms with Crippen molar-refractivity contribution in [2.75, 3.05) is 19.8 Å². The Labute approximate surface area is 141 Å². The maximum absolute atomic E-state index is 14.3. The van der Waals surface area contributed by atoms with E-state index in [1.54, 1.807) is 20.8 Å². The van der Waals surface area contributed by atoms with Gasteiger partial charge in [0.15, 0.2) is 0 Å². The number of halogens is 1. The van der Waals surface area contributed by atoms with Gasteiger partial charge in [0.25, 0.3) is 0 Å². The van der Waals surface area contributed by atoms with Crippen LogP contribution in [0, 0.1) is 11.7 Å². The molecule has 1 aromatic rings. The number of ether oxygens (including phenoxy) is 2. The van der Waals surface area contributed by atoms with Crippen LogP contribution >= 0.6 is 0 Å². The number of aliphatic hydroxyl groups excluding tert-OH is 2. The van der Waals surface area contributed by atoms with E-state index in [0.29, 0.717) is 5.75 Å². The molecular weight excluding hydrogens is 315 g/mol. The number of hydrogen-bond acceptors (Lipinski definition) is 5. The Morgan fingerprint density at radius 1 is 1.29 bits per heavy atom. The topological polar surface area (TPSA) is 76.0 Å². The van der Waals surface area contributed by atoms with Crippen LogP contribution in [0.15, 0.2) is 12.1 Å². The van der Waals surface area contributed by atoms with Crippen molar-refractivity contribution >= 4 is 5.97 Å². The first-order valence-electron chi connectivity index (χ1n) is 8.16. The second-order valence-electron chi connectivity index (χ2n) is 7.19. The van der Waals surface area contributed by atoms with E-state index in [2.05, 4.69) is 0 Å². The standard InChI is InChI=1S/C18H25FO5/c1-18(2,3)24-17(22)14-6-13(12-4-5-12)16(7-15(14)19)23-10-11(8-20)9-21/h6-7,11-12,20-21H,4-5,8-10H2,1-3H3. The zero-order chi connectivity index (χ0) is 17.9. The molecule has 0 aromatic heterocycles. The zero-order valence-electron chi connectivity index (χ0n) is 14.3. The van der Waals surface area contributed by atoms with Crippen LogP contribution in [0.4, 0.5) is 4.39 Å². The van der Waals surface area contributed by atoms with Gasteiger partial charge in [-0.05, 0) is 51.2 Å². The molecule has 6 heteroatoms. The summed E-state index contributed by atoms with van der Waals surface area (Å²) < 4.78 is 25.2. The molecule has 1 aromatic carbocycles. The van der Waals surface area contributed by atoms with E-state index in [1.807, 2.05) is 0 Å². The molecule has 0 heterocycles. The summed E-state index contributed by atoms with van der Waals surface area (Å²) in [5.74, 6) is -1.23. The molecule has 0 spiro atoms. The number of benzene rings is 1. The smallest absolute Gasteiger partial charge is 0.341 e. The predicted molar refractivity (Wildman–Crippen MR) is 86.7 cm³/mol. The fraction of sp³-hybridized carbons (Fsp3) is 0.611. The van der Waals surface area contributed by atoms with Crippen molar-refractivity contribution in [1.82, 2.24) is 0 Å². The molecule has 0 atom stereocenters. The molecule has 0 amide bonds. The van der Waals surface area contributed by atoms with E-state index in [9.17, 15) is 9.18 Å². The Balaban J connectivity index is 2.24. The molecule has 1 fully saturated rings. The van der Waals surface area contributed by atoms with Gasteiger partial charge >= 0.3 is 5.97 Å². The average Bonchev–Trinajstić information content (AvgIpc) is 3.31. The van der Waals surface area contributed by atoms with Gasteiger partial charge in [-0.1, -0.05) is 0 Å². The Morgan fingerprint density at radius 3 is 2.42 bits per heavy atom. The summed E-state index contributed by atoms with van der Waals surface area (Å²) in [7, 11) is 0. The number of esters is 1. The van der Waals surface area contributed by atoms with Crippen LogP contribution in [0.3, 0.4) is 0 Å². The highest BCUT2D eigenvalue weighted by Gasteiger charge is 2.30. The van der Waals surface area contributed by atoms with Gasteiger partial charge in [0, 0.05) is 12.0 Å². The largest absolute Gasteiger partial charge is 0.493 e. The van der Waals surface area contributed by atoms with Gasteiger partial charge in [0.1, 0.15) is 17.2 Å². The van der Waals surface area contributed by atoms with E-state index >= 15 is 0 Å². The van der Waals surface area contributed by atoms with Crippen molar-refractivity contribution < 1.29 is 28.9 Å². The summed E-state index contributed by atoms with van der Waals surface area (Å²) in [6, 6.07) is 2.70. The van der Waals surface area contributed by atoms with Gasteiger partial charge < -0.3 is 19.7 Å². The normalized spacial score (nSPS) is 14.8. The Kier molecular flexibility index (Phi) is 5.83. The van der Waals surface area contributed by atoms with E-state index in [1.165, 1.54) is 12.1 Å². The molecule has 1 aliphatic rings. The number of hydrogen-bond donors (Lipinski definition) is 2. The fourth-order valence-electron chi connectivity index (χ4n) is 2.27. The van der Waals surface area contributed by atoms with Gasteiger partial charge in [-0.25, -0.2) is 9.18 Å². The third kappa shape index (κ3) is 4.92. The molecule has 5 nitrogen and oxygen atoms in total. The van der Waals surface area contributed by atoms with Gasteiger partial charge in [-0.2, -0.15) is 0 Å². The maximum atomic E-state index is 14.3. The van der Waals surface area contributed by atoms with Gasteiger partial charge in [0.2, 0.25) is 0 Å². The van der Waals surface area contributed by atoms with E-state index in [-0.39, 0.29) is 31.3 Å². The lowest BCUT2D eigenvalue weighted by Crippen LogP contribution is -2.24. The van der Waals surface area contributed by atoms with E-state index in [0.717, 1.165) is 18.4 Å². The second-order valence-corrected chi connectivity index (χ2v) is 7.19. The maximum Gasteiger partial charge on any atom is 0.341 e. The number of rotatable bonds is 7. The minimum Gasteiger partial charge on any atom is -0.493 e. The predicted octanol–water partition coefficient (Wildman–Crippen LogP) is 2.64. The van der Waals surface area contributed by atoms with E-state index < -0.39 is 23.3 Å². The van der Waals surface area contributed by atoms with Crippen LogP contribution in [-0.2, 0) is 4.74 Å². The summed E-state index contributed by atoms with van der Waals surface area (Å²) in [6.45, 7) is 4.84. The van der Waals surface area contributed by atoms with Crippen molar-refractivity contribution in [3.8, 4) is 5.75 Å². The number of aliphatic hydroxyl groups is 2. The second kappa shape index (κ2) is 7.49. The van der Waals surface area contributed by atoms with Crippen molar-refractivity contribution in [3.05, 3.63) is 29.1 Å². The SMILES string of the molecule is CC(C)(C)OC(=O)c1cc(C2CC2)c(OCC(CO)CO)cc1F. The number of carbonyl (C=O) groups is 1. The summed E-state index contributed by atoms with van der Waals surface area (Å²) in [6.07, 6.45) is 1.92. The molecule has 0 bridgehead atoms. The summed E-state index contributed by atoms with van der Waals surface area (Å²) >= 11 is 0. The van der Waals surface area contributed by atoms with Crippen LogP contribution in [-0.4, -0.2) is 41.6 Å². The molecule has 1 saturated carbocycles. The highest BCUT2D eigenvalue weighted by atomic mass is 19.1. The van der Waals surface area contributed by atoms with Crippen molar-refractivity contribution in [2.24, 2.45) is 5.92 Å². The van der Waals surface area contributed by atoms with Crippen molar-refractivity contribution in [3.63, 3.8) is 0 Å². The summed E-state index contributed by atoms with van der Waals surface area (Å²) in [4.78, 5) is 12.2. The summed E-state index contributed by atoms with van der Waals surface area (Å²) in [5.41, 5.74) is -0.0274. The van der Waals surface area contributed by atoms with Crippen molar-refractivity contribution in [2.45, 2.75) is 45.1 Å². The molecular formula is C18H25FO5. The van der Waals surface area contributed by atoms with Crippen LogP contribution < -0.4 is 4.74 Å². The van der Waals surface area contributed by atoms with Gasteiger partial charge in [-0.15, -0.1) is 0 Å². The summed E-state index contributed by atoms with van der Waals surface area (Å²) in [5, 5.41) is 18.2. The lowest BCUT2D eigenvalue weighted by atomic mass is 10.0. The third-order valence-corrected chi connectivity index (χ3v) is 3.73. The van der Waals surface area contributed by atoms with Crippen LogP contribution in [0.1, 0.15) is 55.5 Å². The Morgan fingerprint density at radius 2 is 1.92 bits per heavy atom. The minimum absolute atomic E-state index is 0.0813. The fourth-order valence-corrected chi connectivity index (χ4v) is 2.27. The molecule has 2 N–H and O–H groups in total. The quantitative estimate of drug-likeness (QED) is 0.746. The number of carbonyl (C=O) groups excluding carboxylic acids is 1. The molecule has 0 aliphatic heterocycles. The Bertz CT molecular complexity index is 586. The lowest BCUT2D eigenvalue weighted by Gasteiger charge is -2.21. The molecule has 0 saturated heterocycles. The average molecular weight is 340 g/mol. The van der Waals surface area contributed by atoms with Crippen molar-refractivity contribution in [1.29, 1.82) is 0 Å². The molecule has 2 rings (SSSR count). The monoisotopic (exact) mass is 340 g/mol. The van der Waals surface area contributed by atoms with Crippen LogP contribution in [0.25, 0.3) is 0 Å². The minimum atomic E-state index is -0.701. The zero-order valence-corrected chi connectivity index (χ0v) is 14.3. The highest BCUT2D eigenvalue weighted by Crippen LogP contribution is 2.45. The Hall–Kier alpha value is -1.66. The van der Waals surface area contributed by atoms with E-state index in [4.69, 9.17) is 19.7 Å². The third-order valence-electron chi connectivity index (χ3n) is 3.73. The first-order valence-corrected chi connectivity index (χ1v) is 8.16. The molecule has 24 heavy (non-hydrogen) atoms. The highest BCUT2D eigenvalue weighted by molar-refractivity contribution is 5.90. The first kappa shape index (κ1) is 18.7. The lowest BCUT2D eigenvalue weighted by molar-refractivity contribution is 0.00645. The van der Waals surface area contributed by atoms with Crippen LogP contribution in [0.5, 0.6) is 5.75 Å². The molecule has 1 aliphatic carbocycles. The van der Waals surface area contributed by atoms with Gasteiger partial charge in [-0.3, -0.25) is 0 Å². The van der Waals surface area contributed by atoms with Gasteiger partial charge in [0.05, 0.1) is 25.4 Å². The first-order chi connectivity index (χ1) is 11.2. The molecule has 134 valence electrons. The van der Waals surface area contributed by atoms with Crippen LogP contribution in [0.2, 0.25) is 0 Å².